The van der Waals surface area contributed by atoms with Gasteiger partial charge in [-0.3, -0.25) is 15.0 Å². The molecule has 1 aliphatic heterocycles. The van der Waals surface area contributed by atoms with Gasteiger partial charge in [0.25, 0.3) is 0 Å². The molecule has 1 atom stereocenters. The van der Waals surface area contributed by atoms with Gasteiger partial charge in [0.15, 0.2) is 0 Å². The van der Waals surface area contributed by atoms with E-state index in [1.807, 2.05) is 55.7 Å². The first-order chi connectivity index (χ1) is 16.4. The van der Waals surface area contributed by atoms with Crippen molar-refractivity contribution in [2.24, 2.45) is 0 Å². The summed E-state index contributed by atoms with van der Waals surface area (Å²) in [5, 5.41) is 0. The fourth-order valence-electron chi connectivity index (χ4n) is 4.23. The van der Waals surface area contributed by atoms with Crippen LogP contribution in [0.15, 0.2) is 85.5 Å². The van der Waals surface area contributed by atoms with E-state index in [0.29, 0.717) is 17.7 Å². The molecule has 1 aliphatic rings. The van der Waals surface area contributed by atoms with Gasteiger partial charge in [-0.05, 0) is 59.5 Å². The molecular weight excluding hydrogens is 437 g/mol. The average molecular weight is 458 g/mol. The lowest BCUT2D eigenvalue weighted by atomic mass is 9.97. The minimum absolute atomic E-state index is 0.0193. The van der Waals surface area contributed by atoms with E-state index in [9.17, 15) is 13.2 Å². The number of benzene rings is 1. The Bertz CT molecular complexity index is 1350. The number of halogens is 3. The van der Waals surface area contributed by atoms with E-state index >= 15 is 0 Å². The molecule has 0 bridgehead atoms. The zero-order valence-electron chi connectivity index (χ0n) is 18.4. The molecule has 0 N–H and O–H groups in total. The van der Waals surface area contributed by atoms with Crippen molar-refractivity contribution >= 4 is 11.8 Å². The predicted octanol–water partition coefficient (Wildman–Crippen LogP) is 6.64. The highest BCUT2D eigenvalue weighted by atomic mass is 19.4. The van der Waals surface area contributed by atoms with Crippen molar-refractivity contribution in [3.8, 4) is 11.1 Å². The first kappa shape index (κ1) is 21.8. The predicted molar refractivity (Wildman–Crippen MR) is 126 cm³/mol. The quantitative estimate of drug-likeness (QED) is 0.344. The smallest absolute Gasteiger partial charge is 0.356 e. The maximum atomic E-state index is 13.0. The van der Waals surface area contributed by atoms with Gasteiger partial charge in [-0.1, -0.05) is 36.4 Å². The van der Waals surface area contributed by atoms with E-state index in [4.69, 9.17) is 0 Å². The number of hydrogen-bond donors (Lipinski definition) is 0. The Labute approximate surface area is 195 Å². The van der Waals surface area contributed by atoms with Gasteiger partial charge in [-0.2, -0.15) is 13.2 Å². The number of pyridine rings is 3. The summed E-state index contributed by atoms with van der Waals surface area (Å²) >= 11 is 0. The summed E-state index contributed by atoms with van der Waals surface area (Å²) in [5.74, 6) is 0. The molecule has 5 rings (SSSR count). The molecule has 7 heteroatoms. The van der Waals surface area contributed by atoms with Crippen LogP contribution in [0.5, 0.6) is 0 Å². The summed E-state index contributed by atoms with van der Waals surface area (Å²) in [6.07, 6.45) is 6.41. The van der Waals surface area contributed by atoms with Crippen LogP contribution in [0.2, 0.25) is 0 Å². The van der Waals surface area contributed by atoms with E-state index in [0.717, 1.165) is 34.1 Å². The van der Waals surface area contributed by atoms with Crippen molar-refractivity contribution in [1.29, 1.82) is 0 Å². The van der Waals surface area contributed by atoms with Crippen LogP contribution in [0.3, 0.4) is 0 Å². The number of anilines is 1. The van der Waals surface area contributed by atoms with E-state index in [-0.39, 0.29) is 6.04 Å². The Hall–Kier alpha value is -4.00. The molecule has 1 unspecified atom stereocenters. The highest BCUT2D eigenvalue weighted by molar-refractivity contribution is 5.72. The first-order valence-electron chi connectivity index (χ1n) is 10.8. The van der Waals surface area contributed by atoms with Crippen LogP contribution in [0.25, 0.3) is 17.2 Å². The molecule has 170 valence electrons. The highest BCUT2D eigenvalue weighted by Gasteiger charge is 2.32. The van der Waals surface area contributed by atoms with Gasteiger partial charge in [0, 0.05) is 48.3 Å². The molecule has 1 aromatic carbocycles. The largest absolute Gasteiger partial charge is 0.433 e. The maximum Gasteiger partial charge on any atom is 0.433 e. The summed E-state index contributed by atoms with van der Waals surface area (Å²) in [6.45, 7) is 2.60. The lowest BCUT2D eigenvalue weighted by Gasteiger charge is -2.36. The SMILES string of the molecule is Cc1cc(C2C=Cc3cnccc3N2Cc2ccc(-c3ccnc(C(F)(F)F)c3)cc2)ccn1. The highest BCUT2D eigenvalue weighted by Crippen LogP contribution is 2.37. The third-order valence-corrected chi connectivity index (χ3v) is 5.88. The van der Waals surface area contributed by atoms with Crippen LogP contribution >= 0.6 is 0 Å². The molecule has 0 spiro atoms. The Morgan fingerprint density at radius 1 is 0.882 bits per heavy atom. The van der Waals surface area contributed by atoms with E-state index in [1.165, 1.54) is 6.20 Å². The molecule has 0 amide bonds. The standard InChI is InChI=1S/C27H21F3N4/c1-18-14-22(9-12-32-18)24-7-6-23-16-31-11-10-25(23)34(24)17-19-2-4-20(5-3-19)21-8-13-33-26(15-21)27(28,29)30/h2-16,24H,17H2,1H3. The normalized spacial score (nSPS) is 15.3. The first-order valence-corrected chi connectivity index (χ1v) is 10.8. The summed E-state index contributed by atoms with van der Waals surface area (Å²) < 4.78 is 39.1. The van der Waals surface area contributed by atoms with Crippen molar-refractivity contribution in [2.45, 2.75) is 25.7 Å². The zero-order valence-corrected chi connectivity index (χ0v) is 18.4. The van der Waals surface area contributed by atoms with Gasteiger partial charge in [0.05, 0.1) is 6.04 Å². The molecule has 4 heterocycles. The molecule has 34 heavy (non-hydrogen) atoms. The topological polar surface area (TPSA) is 41.9 Å². The van der Waals surface area contributed by atoms with E-state index in [1.54, 1.807) is 12.3 Å². The van der Waals surface area contributed by atoms with Crippen molar-refractivity contribution in [1.82, 2.24) is 15.0 Å². The number of alkyl halides is 3. The Morgan fingerprint density at radius 3 is 2.44 bits per heavy atom. The maximum absolute atomic E-state index is 13.0. The molecule has 0 radical (unpaired) electrons. The van der Waals surface area contributed by atoms with E-state index < -0.39 is 11.9 Å². The number of aromatic nitrogens is 3. The Kier molecular flexibility index (Phi) is 5.61. The molecule has 0 aliphatic carbocycles. The lowest BCUT2D eigenvalue weighted by Crippen LogP contribution is -2.29. The summed E-state index contributed by atoms with van der Waals surface area (Å²) in [6, 6.07) is 16.4. The second kappa shape index (κ2) is 8.74. The molecular formula is C27H21F3N4. The second-order valence-electron chi connectivity index (χ2n) is 8.22. The molecule has 4 nitrogen and oxygen atoms in total. The summed E-state index contributed by atoms with van der Waals surface area (Å²) in [4.78, 5) is 14.3. The number of rotatable bonds is 4. The number of hydrogen-bond acceptors (Lipinski definition) is 4. The minimum atomic E-state index is -4.47. The fourth-order valence-corrected chi connectivity index (χ4v) is 4.23. The Balaban J connectivity index is 1.45. The lowest BCUT2D eigenvalue weighted by molar-refractivity contribution is -0.141. The minimum Gasteiger partial charge on any atom is -0.356 e. The van der Waals surface area contributed by atoms with Crippen molar-refractivity contribution < 1.29 is 13.2 Å². The van der Waals surface area contributed by atoms with Gasteiger partial charge >= 0.3 is 6.18 Å². The van der Waals surface area contributed by atoms with Crippen molar-refractivity contribution in [2.75, 3.05) is 4.90 Å². The van der Waals surface area contributed by atoms with Gasteiger partial charge < -0.3 is 4.90 Å². The fraction of sp³-hybridized carbons (Fsp3) is 0.148. The molecule has 0 saturated heterocycles. The van der Waals surface area contributed by atoms with Crippen molar-refractivity contribution in [3.05, 3.63) is 114 Å². The summed E-state index contributed by atoms with van der Waals surface area (Å²) in [5.41, 5.74) is 5.54. The number of nitrogens with zero attached hydrogens (tertiary/aromatic N) is 4. The molecule has 4 aromatic rings. The van der Waals surface area contributed by atoms with Crippen LogP contribution in [0.4, 0.5) is 18.9 Å². The average Bonchev–Trinajstić information content (AvgIpc) is 2.84. The third kappa shape index (κ3) is 4.41. The van der Waals surface area contributed by atoms with Gasteiger partial charge in [0.1, 0.15) is 5.69 Å². The zero-order chi connectivity index (χ0) is 23.7. The van der Waals surface area contributed by atoms with Crippen LogP contribution in [0, 0.1) is 6.92 Å². The Morgan fingerprint density at radius 2 is 1.68 bits per heavy atom. The molecule has 0 fully saturated rings. The molecule has 3 aromatic heterocycles. The monoisotopic (exact) mass is 458 g/mol. The second-order valence-corrected chi connectivity index (χ2v) is 8.22. The number of aryl methyl sites for hydroxylation is 1. The van der Waals surface area contributed by atoms with Crippen LogP contribution in [-0.4, -0.2) is 15.0 Å². The van der Waals surface area contributed by atoms with Gasteiger partial charge in [-0.25, -0.2) is 0 Å². The van der Waals surface area contributed by atoms with Crippen LogP contribution < -0.4 is 4.90 Å². The molecule has 0 saturated carbocycles. The van der Waals surface area contributed by atoms with E-state index in [2.05, 4.69) is 38.1 Å². The van der Waals surface area contributed by atoms with Crippen molar-refractivity contribution in [3.63, 3.8) is 0 Å². The third-order valence-electron chi connectivity index (χ3n) is 5.88. The number of fused-ring (bicyclic) bond motifs is 1. The van der Waals surface area contributed by atoms with Crippen LogP contribution in [-0.2, 0) is 12.7 Å². The summed E-state index contributed by atoms with van der Waals surface area (Å²) in [7, 11) is 0. The van der Waals surface area contributed by atoms with Gasteiger partial charge in [0.2, 0.25) is 0 Å². The van der Waals surface area contributed by atoms with Gasteiger partial charge in [-0.15, -0.1) is 0 Å². The van der Waals surface area contributed by atoms with Crippen LogP contribution in [0.1, 0.15) is 34.1 Å².